The third-order valence-electron chi connectivity index (χ3n) is 6.34. The van der Waals surface area contributed by atoms with E-state index in [-0.39, 0.29) is 11.8 Å². The van der Waals surface area contributed by atoms with Crippen molar-refractivity contribution in [1.82, 2.24) is 24.8 Å². The van der Waals surface area contributed by atoms with Crippen molar-refractivity contribution in [3.8, 4) is 5.82 Å². The van der Waals surface area contributed by atoms with E-state index in [0.29, 0.717) is 12.0 Å². The summed E-state index contributed by atoms with van der Waals surface area (Å²) < 4.78 is 1.96. The first-order chi connectivity index (χ1) is 13.6. The number of nitrogens with one attached hydrogen (secondary N) is 1. The Morgan fingerprint density at radius 1 is 1.07 bits per heavy atom. The predicted molar refractivity (Wildman–Crippen MR) is 108 cm³/mol. The van der Waals surface area contributed by atoms with Crippen LogP contribution >= 0.6 is 0 Å². The largest absolute Gasteiger partial charge is 0.356 e. The molecule has 7 heteroatoms. The molecule has 0 bridgehead atoms. The van der Waals surface area contributed by atoms with E-state index in [2.05, 4.69) is 32.1 Å². The van der Waals surface area contributed by atoms with Gasteiger partial charge in [-0.3, -0.25) is 9.36 Å². The molecule has 2 atom stereocenters. The van der Waals surface area contributed by atoms with E-state index in [4.69, 9.17) is 0 Å². The fourth-order valence-electron chi connectivity index (χ4n) is 4.46. The van der Waals surface area contributed by atoms with Gasteiger partial charge in [-0.15, -0.1) is 0 Å². The van der Waals surface area contributed by atoms with E-state index in [1.54, 1.807) is 12.5 Å². The second-order valence-corrected chi connectivity index (χ2v) is 8.22. The molecule has 4 rings (SSSR count). The van der Waals surface area contributed by atoms with Crippen LogP contribution < -0.4 is 10.2 Å². The number of hydrogen-bond acceptors (Lipinski definition) is 5. The molecule has 1 amide bonds. The summed E-state index contributed by atoms with van der Waals surface area (Å²) in [6.07, 6.45) is 11.9. The normalized spacial score (nSPS) is 23.6. The van der Waals surface area contributed by atoms with Gasteiger partial charge in [-0.05, 0) is 38.5 Å². The molecule has 1 saturated carbocycles. The second-order valence-electron chi connectivity index (χ2n) is 8.22. The Hall–Kier alpha value is -2.44. The number of aromatic nitrogens is 4. The molecule has 0 radical (unpaired) electrons. The van der Waals surface area contributed by atoms with Crippen LogP contribution in [0.5, 0.6) is 0 Å². The highest BCUT2D eigenvalue weighted by atomic mass is 16.2. The number of carbonyl (C=O) groups excluding carboxylic acids is 1. The molecular formula is C21H30N6O. The summed E-state index contributed by atoms with van der Waals surface area (Å²) in [5, 5.41) is 3.33. The van der Waals surface area contributed by atoms with Crippen molar-refractivity contribution < 1.29 is 4.79 Å². The van der Waals surface area contributed by atoms with Crippen molar-refractivity contribution >= 4 is 11.7 Å². The molecule has 1 aliphatic heterocycles. The van der Waals surface area contributed by atoms with Gasteiger partial charge in [0.15, 0.2) is 0 Å². The van der Waals surface area contributed by atoms with Gasteiger partial charge in [-0.1, -0.05) is 19.8 Å². The lowest BCUT2D eigenvalue weighted by molar-refractivity contribution is -0.126. The van der Waals surface area contributed by atoms with E-state index >= 15 is 0 Å². The van der Waals surface area contributed by atoms with Gasteiger partial charge in [-0.2, -0.15) is 0 Å². The lowest BCUT2D eigenvalue weighted by atomic mass is 9.85. The van der Waals surface area contributed by atoms with Crippen LogP contribution in [0.15, 0.2) is 24.8 Å². The second kappa shape index (κ2) is 8.29. The van der Waals surface area contributed by atoms with Crippen molar-refractivity contribution in [2.24, 2.45) is 11.8 Å². The highest BCUT2D eigenvalue weighted by Crippen LogP contribution is 2.26. The first-order valence-electron chi connectivity index (χ1n) is 10.5. The summed E-state index contributed by atoms with van der Waals surface area (Å²) in [7, 11) is 0. The summed E-state index contributed by atoms with van der Waals surface area (Å²) >= 11 is 0. The molecule has 1 N–H and O–H groups in total. The Kier molecular flexibility index (Phi) is 5.59. The smallest absolute Gasteiger partial charge is 0.223 e. The van der Waals surface area contributed by atoms with Gasteiger partial charge < -0.3 is 10.2 Å². The highest BCUT2D eigenvalue weighted by Gasteiger charge is 2.29. The molecule has 2 aromatic rings. The van der Waals surface area contributed by atoms with Crippen molar-refractivity contribution in [3.63, 3.8) is 0 Å². The summed E-state index contributed by atoms with van der Waals surface area (Å²) in [6, 6.07) is 2.36. The average molecular weight is 383 g/mol. The van der Waals surface area contributed by atoms with E-state index in [1.807, 2.05) is 23.8 Å². The number of piperidine rings is 1. The minimum absolute atomic E-state index is 0.113. The SMILES string of the molecule is Cc1nccn1-c1cc(N2CCC(C(=O)NC3CCCCC3C)CC2)ncn1. The van der Waals surface area contributed by atoms with Crippen molar-refractivity contribution in [2.75, 3.05) is 18.0 Å². The number of aryl methyl sites for hydroxylation is 1. The van der Waals surface area contributed by atoms with E-state index in [0.717, 1.165) is 49.8 Å². The quantitative estimate of drug-likeness (QED) is 0.880. The lowest BCUT2D eigenvalue weighted by Crippen LogP contribution is -2.46. The van der Waals surface area contributed by atoms with Crippen LogP contribution in [0.3, 0.4) is 0 Å². The molecule has 2 fully saturated rings. The summed E-state index contributed by atoms with van der Waals surface area (Å²) in [6.45, 7) is 5.91. The maximum atomic E-state index is 12.7. The maximum absolute atomic E-state index is 12.7. The number of anilines is 1. The lowest BCUT2D eigenvalue weighted by Gasteiger charge is -2.35. The van der Waals surface area contributed by atoms with Crippen molar-refractivity contribution in [1.29, 1.82) is 0 Å². The van der Waals surface area contributed by atoms with Gasteiger partial charge >= 0.3 is 0 Å². The van der Waals surface area contributed by atoms with E-state index in [1.165, 1.54) is 19.3 Å². The average Bonchev–Trinajstić information content (AvgIpc) is 3.16. The minimum atomic E-state index is 0.113. The summed E-state index contributed by atoms with van der Waals surface area (Å²) in [5.41, 5.74) is 0. The molecule has 0 aromatic carbocycles. The third-order valence-corrected chi connectivity index (χ3v) is 6.34. The van der Waals surface area contributed by atoms with Crippen molar-refractivity contribution in [2.45, 2.75) is 58.4 Å². The minimum Gasteiger partial charge on any atom is -0.356 e. The van der Waals surface area contributed by atoms with Crippen LogP contribution in [0.25, 0.3) is 5.82 Å². The Morgan fingerprint density at radius 2 is 1.82 bits per heavy atom. The zero-order chi connectivity index (χ0) is 19.5. The Labute approximate surface area is 166 Å². The molecule has 2 aromatic heterocycles. The van der Waals surface area contributed by atoms with Gasteiger partial charge in [0.25, 0.3) is 0 Å². The molecule has 1 saturated heterocycles. The van der Waals surface area contributed by atoms with Crippen LogP contribution in [0, 0.1) is 18.8 Å². The van der Waals surface area contributed by atoms with Crippen LogP contribution in [-0.2, 0) is 4.79 Å². The first-order valence-corrected chi connectivity index (χ1v) is 10.5. The molecule has 150 valence electrons. The summed E-state index contributed by atoms with van der Waals surface area (Å²) in [4.78, 5) is 28.1. The van der Waals surface area contributed by atoms with Crippen LogP contribution in [0.2, 0.25) is 0 Å². The zero-order valence-electron chi connectivity index (χ0n) is 16.8. The first kappa shape index (κ1) is 18.9. The number of amides is 1. The number of rotatable bonds is 4. The van der Waals surface area contributed by atoms with E-state index in [9.17, 15) is 4.79 Å². The fourth-order valence-corrected chi connectivity index (χ4v) is 4.46. The van der Waals surface area contributed by atoms with Gasteiger partial charge in [0.1, 0.15) is 23.8 Å². The highest BCUT2D eigenvalue weighted by molar-refractivity contribution is 5.79. The molecular weight excluding hydrogens is 352 g/mol. The molecule has 2 unspecified atom stereocenters. The molecule has 3 heterocycles. The third kappa shape index (κ3) is 4.03. The molecule has 28 heavy (non-hydrogen) atoms. The Balaban J connectivity index is 1.35. The zero-order valence-corrected chi connectivity index (χ0v) is 16.8. The molecule has 2 aliphatic rings. The Morgan fingerprint density at radius 3 is 2.54 bits per heavy atom. The van der Waals surface area contributed by atoms with E-state index < -0.39 is 0 Å². The molecule has 1 aliphatic carbocycles. The standard InChI is InChI=1S/C21H30N6O/c1-15-5-3-4-6-18(15)25-21(28)17-7-10-26(11-8-17)19-13-20(24-14-23-19)27-12-9-22-16(27)2/h9,12-15,17-18H,3-8,10-11H2,1-2H3,(H,25,28). The fraction of sp³-hybridized carbons (Fsp3) is 0.619. The van der Waals surface area contributed by atoms with Gasteiger partial charge in [0.2, 0.25) is 5.91 Å². The van der Waals surface area contributed by atoms with Crippen LogP contribution in [-0.4, -0.2) is 44.6 Å². The van der Waals surface area contributed by atoms with Gasteiger partial charge in [-0.25, -0.2) is 15.0 Å². The van der Waals surface area contributed by atoms with Crippen LogP contribution in [0.4, 0.5) is 5.82 Å². The van der Waals surface area contributed by atoms with Gasteiger partial charge in [0.05, 0.1) is 0 Å². The number of carbonyl (C=O) groups is 1. The number of imidazole rings is 1. The topological polar surface area (TPSA) is 75.9 Å². The maximum Gasteiger partial charge on any atom is 0.223 e. The van der Waals surface area contributed by atoms with Crippen LogP contribution in [0.1, 0.15) is 51.3 Å². The summed E-state index contributed by atoms with van der Waals surface area (Å²) in [5.74, 6) is 3.60. The molecule has 0 spiro atoms. The monoisotopic (exact) mass is 382 g/mol. The predicted octanol–water partition coefficient (Wildman–Crippen LogP) is 2.88. The number of nitrogens with zero attached hydrogens (tertiary/aromatic N) is 5. The Bertz CT molecular complexity index is 811. The van der Waals surface area contributed by atoms with Crippen molar-refractivity contribution in [3.05, 3.63) is 30.6 Å². The number of hydrogen-bond donors (Lipinski definition) is 1. The molecule has 7 nitrogen and oxygen atoms in total. The van der Waals surface area contributed by atoms with Gasteiger partial charge in [0, 0.05) is 43.5 Å².